The molecule has 2 aromatic heterocycles. The topological polar surface area (TPSA) is 64.9 Å². The van der Waals surface area contributed by atoms with Gasteiger partial charge in [0.05, 0.1) is 11.1 Å². The van der Waals surface area contributed by atoms with Crippen molar-refractivity contribution in [2.75, 3.05) is 6.26 Å². The van der Waals surface area contributed by atoms with Crippen LogP contribution in [0, 0.1) is 6.92 Å². The van der Waals surface area contributed by atoms with E-state index in [1.165, 1.54) is 23.7 Å². The molecule has 2 aromatic carbocycles. The van der Waals surface area contributed by atoms with E-state index in [1.807, 2.05) is 31.4 Å². The molecule has 2 heterocycles. The molecular weight excluding hydrogens is 378 g/mol. The summed E-state index contributed by atoms with van der Waals surface area (Å²) in [4.78, 5) is 9.28. The molecule has 5 rings (SSSR count). The number of fused-ring (bicyclic) bond motifs is 1. The molecule has 146 valence electrons. The molecule has 4 aromatic rings. The number of nitrogens with zero attached hydrogens (tertiary/aromatic N) is 2. The molecule has 1 saturated carbocycles. The first kappa shape index (κ1) is 18.4. The number of aromatic nitrogens is 2. The Morgan fingerprint density at radius 3 is 2.31 bits per heavy atom. The normalized spacial score (nSPS) is 15.4. The molecular formula is C24H23N3OS. The van der Waals surface area contributed by atoms with Gasteiger partial charge in [0.1, 0.15) is 5.76 Å². The van der Waals surface area contributed by atoms with E-state index in [-0.39, 0.29) is 5.54 Å². The van der Waals surface area contributed by atoms with Gasteiger partial charge in [0.2, 0.25) is 5.71 Å². The lowest BCUT2D eigenvalue weighted by atomic mass is 9.72. The zero-order valence-corrected chi connectivity index (χ0v) is 17.4. The van der Waals surface area contributed by atoms with E-state index in [4.69, 9.17) is 10.2 Å². The second-order valence-corrected chi connectivity index (χ2v) is 8.51. The van der Waals surface area contributed by atoms with Gasteiger partial charge >= 0.3 is 0 Å². The lowest BCUT2D eigenvalue weighted by Crippen LogP contribution is -2.43. The maximum Gasteiger partial charge on any atom is 0.231 e. The summed E-state index contributed by atoms with van der Waals surface area (Å²) in [5.74, 6) is 0.827. The monoisotopic (exact) mass is 401 g/mol. The number of hydrogen-bond acceptors (Lipinski definition) is 5. The van der Waals surface area contributed by atoms with E-state index >= 15 is 0 Å². The highest BCUT2D eigenvalue weighted by molar-refractivity contribution is 7.98. The lowest BCUT2D eigenvalue weighted by Gasteiger charge is -2.38. The van der Waals surface area contributed by atoms with Gasteiger partial charge in [-0.1, -0.05) is 66.4 Å². The molecule has 2 N–H and O–H groups in total. The van der Waals surface area contributed by atoms with Crippen LogP contribution in [-0.4, -0.2) is 16.2 Å². The molecule has 0 unspecified atom stereocenters. The first-order valence-corrected chi connectivity index (χ1v) is 11.1. The van der Waals surface area contributed by atoms with Crippen LogP contribution in [-0.2, 0) is 5.54 Å². The smallest absolute Gasteiger partial charge is 0.231 e. The number of aryl methyl sites for hydroxylation is 1. The number of thioether (sulfide) groups is 1. The summed E-state index contributed by atoms with van der Waals surface area (Å²) in [7, 11) is 0. The standard InChI is InChI=1S/C24H23N3OS/c1-15-19-20(16-7-4-3-5-8-16)21(28-22(19)27-23(26-15)29-2)17-9-11-18(12-10-17)24(25)13-6-14-24/h3-5,7-12H,6,13-14,25H2,1-2H3. The van der Waals surface area contributed by atoms with Crippen molar-refractivity contribution in [2.45, 2.75) is 36.9 Å². The van der Waals surface area contributed by atoms with E-state index in [1.54, 1.807) is 0 Å². The van der Waals surface area contributed by atoms with Crippen LogP contribution >= 0.6 is 11.8 Å². The predicted octanol–water partition coefficient (Wildman–Crippen LogP) is 5.93. The number of rotatable bonds is 4. The van der Waals surface area contributed by atoms with Crippen molar-refractivity contribution in [2.24, 2.45) is 5.73 Å². The fourth-order valence-corrected chi connectivity index (χ4v) is 4.52. The Labute approximate surface area is 174 Å². The van der Waals surface area contributed by atoms with Crippen LogP contribution in [0.3, 0.4) is 0 Å². The van der Waals surface area contributed by atoms with Crippen LogP contribution < -0.4 is 5.73 Å². The van der Waals surface area contributed by atoms with Crippen LogP contribution in [0.15, 0.2) is 64.2 Å². The Morgan fingerprint density at radius 1 is 0.966 bits per heavy atom. The Kier molecular flexibility index (Phi) is 4.45. The van der Waals surface area contributed by atoms with Gasteiger partial charge in [-0.15, -0.1) is 0 Å². The van der Waals surface area contributed by atoms with Gasteiger partial charge in [0, 0.05) is 16.7 Å². The molecule has 0 saturated heterocycles. The molecule has 5 heteroatoms. The minimum atomic E-state index is -0.163. The van der Waals surface area contributed by atoms with Crippen molar-refractivity contribution in [1.82, 2.24) is 9.97 Å². The fraction of sp³-hybridized carbons (Fsp3) is 0.250. The Bertz CT molecular complexity index is 1180. The predicted molar refractivity (Wildman–Crippen MR) is 119 cm³/mol. The van der Waals surface area contributed by atoms with Crippen LogP contribution in [0.4, 0.5) is 0 Å². The number of hydrogen-bond donors (Lipinski definition) is 1. The first-order valence-electron chi connectivity index (χ1n) is 9.89. The molecule has 29 heavy (non-hydrogen) atoms. The Balaban J connectivity index is 1.71. The highest BCUT2D eigenvalue weighted by Gasteiger charge is 2.34. The molecule has 4 nitrogen and oxygen atoms in total. The van der Waals surface area contributed by atoms with Gasteiger partial charge in [0.25, 0.3) is 0 Å². The molecule has 0 atom stereocenters. The number of nitrogens with two attached hydrogens (primary N) is 1. The zero-order chi connectivity index (χ0) is 20.0. The molecule has 1 aliphatic carbocycles. The third-order valence-corrected chi connectivity index (χ3v) is 6.47. The lowest BCUT2D eigenvalue weighted by molar-refractivity contribution is 0.253. The minimum absolute atomic E-state index is 0.163. The van der Waals surface area contributed by atoms with Gasteiger partial charge in [-0.2, -0.15) is 4.98 Å². The highest BCUT2D eigenvalue weighted by atomic mass is 32.2. The van der Waals surface area contributed by atoms with Gasteiger partial charge in [-0.25, -0.2) is 4.98 Å². The average molecular weight is 402 g/mol. The summed E-state index contributed by atoms with van der Waals surface area (Å²) >= 11 is 1.52. The van der Waals surface area contributed by atoms with Crippen LogP contribution in [0.25, 0.3) is 33.6 Å². The molecule has 0 bridgehead atoms. The van der Waals surface area contributed by atoms with E-state index in [0.29, 0.717) is 5.71 Å². The third kappa shape index (κ3) is 3.05. The Hall–Kier alpha value is -2.63. The van der Waals surface area contributed by atoms with E-state index < -0.39 is 0 Å². The minimum Gasteiger partial charge on any atom is -0.437 e. The summed E-state index contributed by atoms with van der Waals surface area (Å²) in [5, 5.41) is 1.70. The van der Waals surface area contributed by atoms with Crippen molar-refractivity contribution in [3.8, 4) is 22.5 Å². The summed E-state index contributed by atoms with van der Waals surface area (Å²) < 4.78 is 6.33. The molecule has 1 fully saturated rings. The van der Waals surface area contributed by atoms with Gasteiger partial charge in [0.15, 0.2) is 5.16 Å². The van der Waals surface area contributed by atoms with Crippen molar-refractivity contribution in [3.05, 3.63) is 65.9 Å². The van der Waals surface area contributed by atoms with Gasteiger partial charge in [-0.3, -0.25) is 0 Å². The SMILES string of the molecule is CSc1nc(C)c2c(-c3ccccc3)c(-c3ccc(C4(N)CCC4)cc3)oc2n1. The summed E-state index contributed by atoms with van der Waals surface area (Å²) in [5.41, 5.74) is 12.3. The number of furan rings is 1. The molecule has 0 aliphatic heterocycles. The van der Waals surface area contributed by atoms with Gasteiger partial charge in [-0.05, 0) is 43.6 Å². The maximum atomic E-state index is 6.50. The zero-order valence-electron chi connectivity index (χ0n) is 16.6. The molecule has 1 aliphatic rings. The second-order valence-electron chi connectivity index (χ2n) is 7.74. The molecule has 0 amide bonds. The second kappa shape index (κ2) is 7.01. The largest absolute Gasteiger partial charge is 0.437 e. The van der Waals surface area contributed by atoms with E-state index in [0.717, 1.165) is 51.5 Å². The van der Waals surface area contributed by atoms with Crippen molar-refractivity contribution in [1.29, 1.82) is 0 Å². The summed E-state index contributed by atoms with van der Waals surface area (Å²) in [6.07, 6.45) is 5.29. The summed E-state index contributed by atoms with van der Waals surface area (Å²) in [6, 6.07) is 18.8. The average Bonchev–Trinajstić information content (AvgIpc) is 3.13. The quantitative estimate of drug-likeness (QED) is 0.339. The first-order chi connectivity index (χ1) is 14.1. The van der Waals surface area contributed by atoms with E-state index in [9.17, 15) is 0 Å². The summed E-state index contributed by atoms with van der Waals surface area (Å²) in [6.45, 7) is 2.02. The molecule has 0 spiro atoms. The van der Waals surface area contributed by atoms with Crippen molar-refractivity contribution >= 4 is 22.9 Å². The Morgan fingerprint density at radius 2 is 1.69 bits per heavy atom. The van der Waals surface area contributed by atoms with Crippen molar-refractivity contribution < 1.29 is 4.42 Å². The van der Waals surface area contributed by atoms with Crippen LogP contribution in [0.1, 0.15) is 30.5 Å². The van der Waals surface area contributed by atoms with Gasteiger partial charge < -0.3 is 10.2 Å². The fourth-order valence-electron chi connectivity index (χ4n) is 4.12. The third-order valence-electron chi connectivity index (χ3n) is 5.92. The molecule has 0 radical (unpaired) electrons. The highest BCUT2D eigenvalue weighted by Crippen LogP contribution is 2.43. The maximum absolute atomic E-state index is 6.50. The van der Waals surface area contributed by atoms with Crippen molar-refractivity contribution in [3.63, 3.8) is 0 Å². The van der Waals surface area contributed by atoms with E-state index in [2.05, 4.69) is 46.4 Å². The van der Waals surface area contributed by atoms with Crippen LogP contribution in [0.5, 0.6) is 0 Å². The number of benzene rings is 2. The van der Waals surface area contributed by atoms with Crippen LogP contribution in [0.2, 0.25) is 0 Å².